The Bertz CT molecular complexity index is 1880. The van der Waals surface area contributed by atoms with Gasteiger partial charge in [0.2, 0.25) is 0 Å². The number of unbranched alkanes of at least 4 members (excludes halogenated alkanes) is 10. The van der Waals surface area contributed by atoms with Crippen LogP contribution in [0.15, 0.2) is 103 Å². The molecule has 272 valence electrons. The van der Waals surface area contributed by atoms with Crippen LogP contribution in [0.4, 0.5) is 11.4 Å². The molecule has 1 aliphatic rings. The molecule has 0 amide bonds. The van der Waals surface area contributed by atoms with E-state index in [1.165, 1.54) is 151 Å². The fraction of sp³-hybridized carbons (Fsp3) is 0.412. The van der Waals surface area contributed by atoms with Gasteiger partial charge in [-0.15, -0.1) is 0 Å². The van der Waals surface area contributed by atoms with E-state index in [9.17, 15) is 0 Å². The van der Waals surface area contributed by atoms with E-state index in [1.807, 2.05) is 0 Å². The minimum atomic E-state index is 0.0417. The van der Waals surface area contributed by atoms with E-state index in [4.69, 9.17) is 0 Å². The van der Waals surface area contributed by atoms with Gasteiger partial charge >= 0.3 is 0 Å². The topological polar surface area (TPSA) is 3.24 Å². The highest BCUT2D eigenvalue weighted by Gasteiger charge is 2.42. The summed E-state index contributed by atoms with van der Waals surface area (Å²) in [6, 6.07) is 40.0. The normalized spacial score (nSPS) is 12.9. The maximum Gasteiger partial charge on any atom is 0.0437 e. The van der Waals surface area contributed by atoms with E-state index in [0.717, 1.165) is 0 Å². The number of aryl methyl sites for hydroxylation is 3. The van der Waals surface area contributed by atoms with Crippen molar-refractivity contribution < 1.29 is 0 Å². The van der Waals surface area contributed by atoms with Gasteiger partial charge in [0, 0.05) is 23.8 Å². The number of hydrogen-bond donors (Lipinski definition) is 0. The zero-order valence-corrected chi connectivity index (χ0v) is 33.2. The molecule has 5 aromatic rings. The number of fused-ring (bicyclic) bond motifs is 3. The largest absolute Gasteiger partial charge is 0.344 e. The summed E-state index contributed by atoms with van der Waals surface area (Å²) in [5.74, 6) is 0. The summed E-state index contributed by atoms with van der Waals surface area (Å²) in [4.78, 5) is 2.32. The van der Waals surface area contributed by atoms with Gasteiger partial charge in [0.05, 0.1) is 0 Å². The molecule has 0 atom stereocenters. The first kappa shape index (κ1) is 37.7. The zero-order valence-electron chi connectivity index (χ0n) is 33.2. The molecule has 0 unspecified atom stereocenters. The van der Waals surface area contributed by atoms with Crippen molar-refractivity contribution in [1.29, 1.82) is 0 Å². The first-order valence-electron chi connectivity index (χ1n) is 20.6. The lowest BCUT2D eigenvalue weighted by molar-refractivity contribution is 0.398. The summed E-state index contributed by atoms with van der Waals surface area (Å²) < 4.78 is 0. The average Bonchev–Trinajstić information content (AvgIpc) is 3.42. The van der Waals surface area contributed by atoms with Crippen LogP contribution in [0.5, 0.6) is 0 Å². The first-order chi connectivity index (χ1) is 25.3. The van der Waals surface area contributed by atoms with Gasteiger partial charge < -0.3 is 4.90 Å². The van der Waals surface area contributed by atoms with Gasteiger partial charge in [-0.3, -0.25) is 0 Å². The monoisotopic (exact) mass is 689 g/mol. The molecule has 1 heteroatoms. The Kier molecular flexibility index (Phi) is 12.8. The van der Waals surface area contributed by atoms with E-state index in [0.29, 0.717) is 0 Å². The van der Waals surface area contributed by atoms with Crippen LogP contribution in [0.2, 0.25) is 0 Å². The van der Waals surface area contributed by atoms with Crippen molar-refractivity contribution in [2.75, 3.05) is 11.9 Å². The minimum absolute atomic E-state index is 0.0417. The quantitative estimate of drug-likeness (QED) is 0.0828. The summed E-state index contributed by atoms with van der Waals surface area (Å²) in [5, 5.41) is 0. The number of nitrogens with zero attached hydrogens (tertiary/aromatic N) is 1. The lowest BCUT2D eigenvalue weighted by atomic mass is 9.70. The minimum Gasteiger partial charge on any atom is -0.344 e. The van der Waals surface area contributed by atoms with E-state index in [-0.39, 0.29) is 5.41 Å². The summed E-state index contributed by atoms with van der Waals surface area (Å²) in [6.45, 7) is 11.2. The Morgan fingerprint density at radius 3 is 1.38 bits per heavy atom. The summed E-state index contributed by atoms with van der Waals surface area (Å²) in [7, 11) is 2.18. The summed E-state index contributed by atoms with van der Waals surface area (Å²) >= 11 is 0. The molecule has 0 saturated carbocycles. The predicted octanol–water partition coefficient (Wildman–Crippen LogP) is 15.5. The number of hydrogen-bond acceptors (Lipinski definition) is 1. The average molecular weight is 690 g/mol. The van der Waals surface area contributed by atoms with Crippen molar-refractivity contribution in [1.82, 2.24) is 0 Å². The van der Waals surface area contributed by atoms with Gasteiger partial charge in [0.1, 0.15) is 0 Å². The van der Waals surface area contributed by atoms with Crippen molar-refractivity contribution in [2.24, 2.45) is 0 Å². The highest BCUT2D eigenvalue weighted by atomic mass is 15.1. The number of rotatable bonds is 18. The molecule has 6 rings (SSSR count). The fourth-order valence-corrected chi connectivity index (χ4v) is 8.88. The van der Waals surface area contributed by atoms with Crippen LogP contribution in [0, 0.1) is 20.8 Å². The molecule has 0 saturated heterocycles. The van der Waals surface area contributed by atoms with Crippen molar-refractivity contribution in [3.63, 3.8) is 0 Å². The van der Waals surface area contributed by atoms with Crippen molar-refractivity contribution in [3.05, 3.63) is 131 Å². The highest BCUT2D eigenvalue weighted by Crippen LogP contribution is 2.56. The van der Waals surface area contributed by atoms with Crippen molar-refractivity contribution >= 4 is 11.4 Å². The third-order valence-corrected chi connectivity index (χ3v) is 12.0. The summed E-state index contributed by atoms with van der Waals surface area (Å²) in [6.07, 6.45) is 18.5. The lowest BCUT2D eigenvalue weighted by Crippen LogP contribution is -2.25. The molecule has 0 fully saturated rings. The summed E-state index contributed by atoms with van der Waals surface area (Å²) in [5.41, 5.74) is 17.8. The third kappa shape index (κ3) is 8.41. The number of benzene rings is 5. The van der Waals surface area contributed by atoms with Crippen LogP contribution in [0.1, 0.15) is 132 Å². The van der Waals surface area contributed by atoms with Gasteiger partial charge in [-0.25, -0.2) is 0 Å². The van der Waals surface area contributed by atoms with Crippen LogP contribution in [0.25, 0.3) is 33.4 Å². The fourth-order valence-electron chi connectivity index (χ4n) is 8.88. The molecular weight excluding hydrogens is 627 g/mol. The molecule has 1 aliphatic carbocycles. The molecule has 0 spiro atoms. The molecule has 0 heterocycles. The Hall–Kier alpha value is -4.10. The molecule has 1 nitrogen and oxygen atoms in total. The maximum absolute atomic E-state index is 2.60. The van der Waals surface area contributed by atoms with Crippen molar-refractivity contribution in [3.8, 4) is 33.4 Å². The highest BCUT2D eigenvalue weighted by molar-refractivity contribution is 5.86. The SMILES string of the molecule is CCCCCCCCC1(CCCCCCCC)c2cc(-c3ccc(C)cc3)ccc2-c2ccc(-c3ccc(N(C)c4ccc(C)cc4C)cc3)cc21. The Labute approximate surface area is 316 Å². The first-order valence-corrected chi connectivity index (χ1v) is 20.6. The third-order valence-electron chi connectivity index (χ3n) is 12.0. The lowest BCUT2D eigenvalue weighted by Gasteiger charge is -2.33. The standard InChI is InChI=1S/C51H63N/c1-7-9-11-13-15-17-33-51(34-18-16-14-12-10-8-2)48-36-43(41-22-19-38(3)20-23-41)26-30-46(48)47-31-27-44(37-49(47)51)42-24-28-45(29-25-42)52(6)50-32-21-39(4)35-40(50)5/h19-32,35-37H,7-18,33-34H2,1-6H3. The Morgan fingerprint density at radius 2 is 0.885 bits per heavy atom. The second-order valence-electron chi connectivity index (χ2n) is 15.9. The molecule has 0 aliphatic heterocycles. The van der Waals surface area contributed by atoms with E-state index < -0.39 is 0 Å². The molecule has 5 aromatic carbocycles. The molecular formula is C51H63N. The molecule has 0 radical (unpaired) electrons. The van der Waals surface area contributed by atoms with Crippen LogP contribution in [-0.2, 0) is 5.41 Å². The predicted molar refractivity (Wildman–Crippen MR) is 228 cm³/mol. The van der Waals surface area contributed by atoms with Crippen LogP contribution in [0.3, 0.4) is 0 Å². The van der Waals surface area contributed by atoms with E-state index in [1.54, 1.807) is 11.1 Å². The zero-order chi connectivity index (χ0) is 36.5. The smallest absolute Gasteiger partial charge is 0.0437 e. The van der Waals surface area contributed by atoms with E-state index in [2.05, 4.69) is 150 Å². The van der Waals surface area contributed by atoms with Gasteiger partial charge in [-0.05, 0) is 114 Å². The van der Waals surface area contributed by atoms with Gasteiger partial charge in [0.25, 0.3) is 0 Å². The van der Waals surface area contributed by atoms with Crippen LogP contribution in [-0.4, -0.2) is 7.05 Å². The van der Waals surface area contributed by atoms with Crippen LogP contribution >= 0.6 is 0 Å². The van der Waals surface area contributed by atoms with Crippen LogP contribution < -0.4 is 4.90 Å². The number of anilines is 2. The van der Waals surface area contributed by atoms with Crippen molar-refractivity contribution in [2.45, 2.75) is 130 Å². The second kappa shape index (κ2) is 17.6. The molecule has 0 N–H and O–H groups in total. The second-order valence-corrected chi connectivity index (χ2v) is 15.9. The van der Waals surface area contributed by atoms with Gasteiger partial charge in [0.15, 0.2) is 0 Å². The van der Waals surface area contributed by atoms with Gasteiger partial charge in [-0.1, -0.05) is 175 Å². The molecule has 0 aromatic heterocycles. The Balaban J connectivity index is 1.38. The Morgan fingerprint density at radius 1 is 0.442 bits per heavy atom. The van der Waals surface area contributed by atoms with E-state index >= 15 is 0 Å². The maximum atomic E-state index is 2.60. The molecule has 52 heavy (non-hydrogen) atoms. The molecule has 0 bridgehead atoms. The van der Waals surface area contributed by atoms with Gasteiger partial charge in [-0.2, -0.15) is 0 Å².